The molecule has 1 N–H and O–H groups in total. The lowest BCUT2D eigenvalue weighted by Crippen LogP contribution is -2.15. The first-order valence-electron chi connectivity index (χ1n) is 3.69. The lowest BCUT2D eigenvalue weighted by Gasteiger charge is -2.01. The van der Waals surface area contributed by atoms with Gasteiger partial charge < -0.3 is 9.67 Å². The van der Waals surface area contributed by atoms with Crippen LogP contribution in [0.5, 0.6) is 0 Å². The number of aliphatic hydroxyl groups excluding tert-OH is 1. The number of nitrogens with zero attached hydrogens (tertiary/aromatic N) is 2. The van der Waals surface area contributed by atoms with E-state index in [1.165, 1.54) is 0 Å². The van der Waals surface area contributed by atoms with Gasteiger partial charge in [-0.05, 0) is 17.7 Å². The first-order valence-corrected chi connectivity index (χ1v) is 3.69. The van der Waals surface area contributed by atoms with Crippen LogP contribution in [-0.2, 0) is 6.61 Å². The summed E-state index contributed by atoms with van der Waals surface area (Å²) < 4.78 is 1.79. The van der Waals surface area contributed by atoms with E-state index in [4.69, 9.17) is 5.11 Å². The summed E-state index contributed by atoms with van der Waals surface area (Å²) in [7, 11) is 1.70. The normalized spacial score (nSPS) is 11.7. The number of aromatic nitrogens is 1. The zero-order chi connectivity index (χ0) is 8.97. The molecule has 0 atom stereocenters. The van der Waals surface area contributed by atoms with Gasteiger partial charge >= 0.3 is 0 Å². The van der Waals surface area contributed by atoms with Crippen molar-refractivity contribution in [1.82, 2.24) is 4.57 Å². The quantitative estimate of drug-likeness (QED) is 0.683. The summed E-state index contributed by atoms with van der Waals surface area (Å²) in [5.41, 5.74) is 1.64. The van der Waals surface area contributed by atoms with Gasteiger partial charge in [0.25, 0.3) is 0 Å². The number of hydrogen-bond donors (Lipinski definition) is 1. The molecule has 12 heavy (non-hydrogen) atoms. The second kappa shape index (κ2) is 3.88. The predicted molar refractivity (Wildman–Crippen MR) is 48.2 cm³/mol. The van der Waals surface area contributed by atoms with Crippen LogP contribution in [0.1, 0.15) is 5.56 Å². The molecule has 1 rings (SSSR count). The molecule has 0 bridgehead atoms. The van der Waals surface area contributed by atoms with Crippen LogP contribution in [0.2, 0.25) is 0 Å². The molecule has 0 unspecified atom stereocenters. The molecule has 0 saturated heterocycles. The molecule has 3 heteroatoms. The van der Waals surface area contributed by atoms with Crippen LogP contribution in [0, 0.1) is 0 Å². The molecule has 1 aromatic heterocycles. The fraction of sp³-hybridized carbons (Fsp3) is 0.222. The average molecular weight is 164 g/mol. The molecule has 0 spiro atoms. The van der Waals surface area contributed by atoms with Crippen LogP contribution >= 0.6 is 0 Å². The number of hydrogen-bond acceptors (Lipinski definition) is 2. The minimum Gasteiger partial charge on any atom is -0.392 e. The largest absolute Gasteiger partial charge is 0.392 e. The minimum atomic E-state index is 0.0422. The summed E-state index contributed by atoms with van der Waals surface area (Å²) >= 11 is 0. The van der Waals surface area contributed by atoms with Crippen LogP contribution in [0.25, 0.3) is 6.20 Å². The van der Waals surface area contributed by atoms with Crippen molar-refractivity contribution in [3.05, 3.63) is 36.0 Å². The van der Waals surface area contributed by atoms with Gasteiger partial charge in [-0.15, -0.1) is 0 Å². The molecular weight excluding hydrogens is 152 g/mol. The Bertz CT molecular complexity index is 339. The van der Waals surface area contributed by atoms with Crippen LogP contribution in [0.15, 0.2) is 29.9 Å². The Morgan fingerprint density at radius 3 is 3.00 bits per heavy atom. The Kier molecular flexibility index (Phi) is 2.82. The lowest BCUT2D eigenvalue weighted by molar-refractivity contribution is 0.281. The van der Waals surface area contributed by atoms with Gasteiger partial charge in [0.05, 0.1) is 6.61 Å². The van der Waals surface area contributed by atoms with E-state index in [0.29, 0.717) is 0 Å². The van der Waals surface area contributed by atoms with Crippen LogP contribution in [-0.4, -0.2) is 16.7 Å². The Hall–Kier alpha value is -1.35. The van der Waals surface area contributed by atoms with Gasteiger partial charge in [-0.2, -0.15) is 0 Å². The molecule has 0 radical (unpaired) electrons. The van der Waals surface area contributed by atoms with E-state index in [9.17, 15) is 0 Å². The fourth-order valence-electron chi connectivity index (χ4n) is 0.974. The van der Waals surface area contributed by atoms with E-state index in [0.717, 1.165) is 11.1 Å². The topological polar surface area (TPSA) is 37.5 Å². The number of rotatable bonds is 2. The van der Waals surface area contributed by atoms with Gasteiger partial charge in [-0.25, -0.2) is 0 Å². The van der Waals surface area contributed by atoms with Gasteiger partial charge in [-0.1, -0.05) is 6.58 Å². The monoisotopic (exact) mass is 164 g/mol. The lowest BCUT2D eigenvalue weighted by atomic mass is 10.3. The van der Waals surface area contributed by atoms with Crippen molar-refractivity contribution in [1.29, 1.82) is 0 Å². The maximum atomic E-state index is 8.84. The summed E-state index contributed by atoms with van der Waals surface area (Å²) in [5.74, 6) is 0. The van der Waals surface area contributed by atoms with Crippen molar-refractivity contribution in [3.63, 3.8) is 0 Å². The average Bonchev–Trinajstić information content (AvgIpc) is 2.16. The third kappa shape index (κ3) is 1.62. The standard InChI is InChI=1S/C9H12N2O/c1-3-11-5-4-8(7-12)6-9(11)10-2/h3-6,12H,1,7H2,2H3. The summed E-state index contributed by atoms with van der Waals surface area (Å²) in [5, 5.41) is 8.84. The van der Waals surface area contributed by atoms with E-state index in [2.05, 4.69) is 11.6 Å². The van der Waals surface area contributed by atoms with Crippen LogP contribution in [0.4, 0.5) is 0 Å². The van der Waals surface area contributed by atoms with Crippen LogP contribution in [0.3, 0.4) is 0 Å². The molecule has 3 nitrogen and oxygen atoms in total. The summed E-state index contributed by atoms with van der Waals surface area (Å²) in [6, 6.07) is 3.65. The third-order valence-corrected chi connectivity index (χ3v) is 1.64. The smallest absolute Gasteiger partial charge is 0.131 e. The second-order valence-corrected chi connectivity index (χ2v) is 2.36. The molecule has 0 fully saturated rings. The van der Waals surface area contributed by atoms with Crippen LogP contribution < -0.4 is 5.49 Å². The molecule has 0 amide bonds. The Labute approximate surface area is 71.3 Å². The van der Waals surface area contributed by atoms with Crippen molar-refractivity contribution in [2.45, 2.75) is 6.61 Å². The maximum absolute atomic E-state index is 8.84. The molecule has 0 aliphatic heterocycles. The molecule has 0 saturated carbocycles. The first-order chi connectivity index (χ1) is 5.81. The van der Waals surface area contributed by atoms with Crippen molar-refractivity contribution in [2.75, 3.05) is 7.05 Å². The molecule has 0 aliphatic carbocycles. The SMILES string of the molecule is C=Cn1ccc(CO)cc1=NC. The second-order valence-electron chi connectivity index (χ2n) is 2.36. The van der Waals surface area contributed by atoms with E-state index in [1.807, 2.05) is 18.3 Å². The summed E-state index contributed by atoms with van der Waals surface area (Å²) in [6.07, 6.45) is 3.49. The van der Waals surface area contributed by atoms with Gasteiger partial charge in [0, 0.05) is 19.4 Å². The Morgan fingerprint density at radius 1 is 1.75 bits per heavy atom. The van der Waals surface area contributed by atoms with Gasteiger partial charge in [0.1, 0.15) is 5.49 Å². The summed E-state index contributed by atoms with van der Waals surface area (Å²) in [4.78, 5) is 4.03. The van der Waals surface area contributed by atoms with Crippen molar-refractivity contribution in [2.24, 2.45) is 4.99 Å². The Balaban J connectivity index is 3.30. The third-order valence-electron chi connectivity index (χ3n) is 1.64. The van der Waals surface area contributed by atoms with Gasteiger partial charge in [0.2, 0.25) is 0 Å². The van der Waals surface area contributed by atoms with Crippen molar-refractivity contribution >= 4 is 6.20 Å². The summed E-state index contributed by atoms with van der Waals surface area (Å²) in [6.45, 7) is 3.68. The first kappa shape index (κ1) is 8.74. The fourth-order valence-corrected chi connectivity index (χ4v) is 0.974. The minimum absolute atomic E-state index is 0.0422. The Morgan fingerprint density at radius 2 is 2.50 bits per heavy atom. The number of aliphatic hydroxyl groups is 1. The van der Waals surface area contributed by atoms with E-state index >= 15 is 0 Å². The van der Waals surface area contributed by atoms with E-state index in [1.54, 1.807) is 17.8 Å². The molecule has 0 aromatic carbocycles. The molecular formula is C9H12N2O. The van der Waals surface area contributed by atoms with Crippen molar-refractivity contribution in [3.8, 4) is 0 Å². The molecule has 64 valence electrons. The maximum Gasteiger partial charge on any atom is 0.131 e. The van der Waals surface area contributed by atoms with Crippen molar-refractivity contribution < 1.29 is 5.11 Å². The highest BCUT2D eigenvalue weighted by Crippen LogP contribution is 1.93. The highest BCUT2D eigenvalue weighted by atomic mass is 16.3. The zero-order valence-corrected chi connectivity index (χ0v) is 7.07. The highest BCUT2D eigenvalue weighted by Gasteiger charge is 1.91. The molecule has 0 aliphatic rings. The highest BCUT2D eigenvalue weighted by molar-refractivity contribution is 5.20. The predicted octanol–water partition coefficient (Wildman–Crippen LogP) is 0.611. The zero-order valence-electron chi connectivity index (χ0n) is 7.07. The van der Waals surface area contributed by atoms with E-state index < -0.39 is 0 Å². The van der Waals surface area contributed by atoms with E-state index in [-0.39, 0.29) is 6.61 Å². The molecule has 1 aromatic rings. The van der Waals surface area contributed by atoms with Gasteiger partial charge in [-0.3, -0.25) is 4.99 Å². The number of pyridine rings is 1. The molecule has 1 heterocycles. The van der Waals surface area contributed by atoms with Gasteiger partial charge in [0.15, 0.2) is 0 Å².